The van der Waals surface area contributed by atoms with Crippen molar-refractivity contribution in [2.24, 2.45) is 0 Å². The van der Waals surface area contributed by atoms with Crippen LogP contribution in [0.1, 0.15) is 38.1 Å². The van der Waals surface area contributed by atoms with Gasteiger partial charge in [-0.3, -0.25) is 4.98 Å². The molecule has 0 spiro atoms. The molecule has 7 heteroatoms. The normalized spacial score (nSPS) is 12.6. The van der Waals surface area contributed by atoms with Gasteiger partial charge in [0.1, 0.15) is 0 Å². The fourth-order valence-corrected chi connectivity index (χ4v) is 2.19. The van der Waals surface area contributed by atoms with Crippen molar-refractivity contribution in [2.75, 3.05) is 12.9 Å². The van der Waals surface area contributed by atoms with Gasteiger partial charge in [-0.25, -0.2) is 8.98 Å². The van der Waals surface area contributed by atoms with Gasteiger partial charge in [0.25, 0.3) is 10.1 Å². The van der Waals surface area contributed by atoms with E-state index < -0.39 is 22.2 Å². The highest BCUT2D eigenvalue weighted by atomic mass is 32.2. The average Bonchev–Trinajstić information content (AvgIpc) is 2.35. The summed E-state index contributed by atoms with van der Waals surface area (Å²) < 4.78 is 32.5. The van der Waals surface area contributed by atoms with Crippen LogP contribution in [0.25, 0.3) is 6.08 Å². The summed E-state index contributed by atoms with van der Waals surface area (Å²) in [7, 11) is -3.84. The van der Waals surface area contributed by atoms with E-state index in [0.29, 0.717) is 5.56 Å². The smallest absolute Gasteiger partial charge is 0.343 e. The molecule has 0 aliphatic rings. The topological polar surface area (TPSA) is 82.6 Å². The quantitative estimate of drug-likeness (QED) is 0.591. The molecule has 0 amide bonds. The van der Waals surface area contributed by atoms with Crippen molar-refractivity contribution in [3.05, 3.63) is 35.2 Å². The van der Waals surface area contributed by atoms with Crippen molar-refractivity contribution in [3.8, 4) is 0 Å². The Bertz CT molecular complexity index is 633. The summed E-state index contributed by atoms with van der Waals surface area (Å²) in [5.41, 5.74) is 1.80. The molecule has 0 aliphatic heterocycles. The molecule has 21 heavy (non-hydrogen) atoms. The Kier molecular flexibility index (Phi) is 6.04. The van der Waals surface area contributed by atoms with Gasteiger partial charge in [-0.15, -0.1) is 0 Å². The number of allylic oxidation sites excluding steroid dienone is 1. The molecule has 1 atom stereocenters. The zero-order chi connectivity index (χ0) is 16.0. The molecule has 0 aromatic carbocycles. The summed E-state index contributed by atoms with van der Waals surface area (Å²) in [5, 5.41) is 0. The first kappa shape index (κ1) is 17.3. The van der Waals surface area contributed by atoms with Crippen molar-refractivity contribution in [2.45, 2.75) is 26.9 Å². The maximum Gasteiger partial charge on any atom is 0.343 e. The van der Waals surface area contributed by atoms with Crippen molar-refractivity contribution < 1.29 is 22.1 Å². The third kappa shape index (κ3) is 5.65. The molecule has 0 saturated heterocycles. The first-order valence-electron chi connectivity index (χ1n) is 6.39. The van der Waals surface area contributed by atoms with Crippen LogP contribution in [-0.4, -0.2) is 32.2 Å². The Labute approximate surface area is 124 Å². The average molecular weight is 313 g/mol. The second kappa shape index (κ2) is 7.33. The summed E-state index contributed by atoms with van der Waals surface area (Å²) in [5.74, 6) is -0.787. The van der Waals surface area contributed by atoms with Crippen molar-refractivity contribution in [1.29, 1.82) is 0 Å². The number of nitrogens with zero attached hydrogens (tertiary/aromatic N) is 1. The van der Waals surface area contributed by atoms with Crippen LogP contribution in [0.4, 0.5) is 0 Å². The maximum absolute atomic E-state index is 12.0. The van der Waals surface area contributed by atoms with E-state index >= 15 is 0 Å². The van der Waals surface area contributed by atoms with Crippen LogP contribution in [0.5, 0.6) is 0 Å². The number of carbonyl (C=O) groups is 1. The number of rotatable bonds is 6. The molecule has 0 fully saturated rings. The molecule has 1 rings (SSSR count). The number of hydrogen-bond acceptors (Lipinski definition) is 6. The Morgan fingerprint density at radius 1 is 1.43 bits per heavy atom. The Balaban J connectivity index is 3.32. The lowest BCUT2D eigenvalue weighted by Crippen LogP contribution is -2.23. The molecule has 0 aliphatic carbocycles. The van der Waals surface area contributed by atoms with E-state index in [0.717, 1.165) is 11.8 Å². The van der Waals surface area contributed by atoms with Crippen LogP contribution < -0.4 is 0 Å². The number of hydrogen-bond donors (Lipinski definition) is 0. The van der Waals surface area contributed by atoms with Gasteiger partial charge in [-0.05, 0) is 32.4 Å². The summed E-state index contributed by atoms with van der Waals surface area (Å²) in [6.45, 7) is 5.51. The van der Waals surface area contributed by atoms with E-state index in [2.05, 4.69) is 4.98 Å². The molecule has 1 aromatic heterocycles. The Morgan fingerprint density at radius 2 is 2.10 bits per heavy atom. The Morgan fingerprint density at radius 3 is 2.62 bits per heavy atom. The van der Waals surface area contributed by atoms with Gasteiger partial charge in [0.15, 0.2) is 0 Å². The van der Waals surface area contributed by atoms with Crippen molar-refractivity contribution in [1.82, 2.24) is 4.98 Å². The molecule has 0 bridgehead atoms. The summed E-state index contributed by atoms with van der Waals surface area (Å²) in [6.07, 6.45) is 2.73. The molecule has 116 valence electrons. The van der Waals surface area contributed by atoms with Crippen LogP contribution >= 0.6 is 0 Å². The second-order valence-corrected chi connectivity index (χ2v) is 6.23. The lowest BCUT2D eigenvalue weighted by atomic mass is 10.1. The minimum atomic E-state index is -3.84. The van der Waals surface area contributed by atoms with Crippen LogP contribution in [0.3, 0.4) is 0 Å². The predicted molar refractivity (Wildman–Crippen MR) is 78.9 cm³/mol. The second-order valence-electron chi connectivity index (χ2n) is 4.63. The lowest BCUT2D eigenvalue weighted by Gasteiger charge is -2.16. The molecular formula is C14H19NO5S. The number of aromatic nitrogens is 1. The molecule has 1 unspecified atom stereocenters. The van der Waals surface area contributed by atoms with Gasteiger partial charge in [0, 0.05) is 6.20 Å². The zero-order valence-corrected chi connectivity index (χ0v) is 13.3. The molecule has 6 nitrogen and oxygen atoms in total. The third-order valence-electron chi connectivity index (χ3n) is 2.34. The fourth-order valence-electron chi connectivity index (χ4n) is 1.67. The van der Waals surface area contributed by atoms with Crippen LogP contribution in [0.15, 0.2) is 23.9 Å². The van der Waals surface area contributed by atoms with E-state index in [9.17, 15) is 13.2 Å². The van der Waals surface area contributed by atoms with E-state index in [1.54, 1.807) is 25.1 Å². The van der Waals surface area contributed by atoms with Gasteiger partial charge >= 0.3 is 5.97 Å². The summed E-state index contributed by atoms with van der Waals surface area (Å²) in [6, 6.07) is 3.42. The molecule has 0 radical (unpaired) electrons. The molecule has 1 heterocycles. The minimum Gasteiger partial charge on any atom is -0.464 e. The summed E-state index contributed by atoms with van der Waals surface area (Å²) in [4.78, 5) is 16.1. The van der Waals surface area contributed by atoms with Gasteiger partial charge in [0.05, 0.1) is 18.6 Å². The highest BCUT2D eigenvalue weighted by molar-refractivity contribution is 7.86. The van der Waals surface area contributed by atoms with Crippen molar-refractivity contribution in [3.63, 3.8) is 0 Å². The monoisotopic (exact) mass is 313 g/mol. The van der Waals surface area contributed by atoms with Crippen molar-refractivity contribution >= 4 is 22.2 Å². The minimum absolute atomic E-state index is 0.118. The van der Waals surface area contributed by atoms with E-state index in [1.165, 1.54) is 6.20 Å². The summed E-state index contributed by atoms with van der Waals surface area (Å²) >= 11 is 0. The number of carbonyl (C=O) groups excluding carboxylic acids is 1. The van der Waals surface area contributed by atoms with E-state index in [1.807, 2.05) is 13.8 Å². The van der Waals surface area contributed by atoms with Crippen LogP contribution in [0.2, 0.25) is 0 Å². The largest absolute Gasteiger partial charge is 0.464 e. The van der Waals surface area contributed by atoms with Gasteiger partial charge in [-0.2, -0.15) is 8.42 Å². The zero-order valence-electron chi connectivity index (χ0n) is 12.5. The predicted octanol–water partition coefficient (Wildman–Crippen LogP) is 2.09. The van der Waals surface area contributed by atoms with Crippen LogP contribution in [0, 0.1) is 0 Å². The highest BCUT2D eigenvalue weighted by Crippen LogP contribution is 2.24. The number of ether oxygens (including phenoxy) is 1. The number of pyridine rings is 1. The first-order valence-corrected chi connectivity index (χ1v) is 8.21. The van der Waals surface area contributed by atoms with E-state index in [4.69, 9.17) is 8.92 Å². The molecule has 1 aromatic rings. The van der Waals surface area contributed by atoms with Gasteiger partial charge < -0.3 is 4.74 Å². The lowest BCUT2D eigenvalue weighted by molar-refractivity contribution is -0.151. The third-order valence-corrected chi connectivity index (χ3v) is 2.88. The molecule has 0 N–H and O–H groups in total. The fraction of sp³-hybridized carbons (Fsp3) is 0.429. The van der Waals surface area contributed by atoms with Gasteiger partial charge in [-0.1, -0.05) is 17.7 Å². The first-order chi connectivity index (χ1) is 9.74. The Hall–Kier alpha value is -1.73. The SMILES string of the molecule is CCOC(=O)C(OS(C)(=O)=O)c1ncccc1C=C(C)C. The van der Waals surface area contributed by atoms with E-state index in [-0.39, 0.29) is 12.3 Å². The van der Waals surface area contributed by atoms with Crippen LogP contribution in [-0.2, 0) is 23.8 Å². The van der Waals surface area contributed by atoms with Gasteiger partial charge in [0.2, 0.25) is 6.10 Å². The standard InChI is InChI=1S/C14H19NO5S/c1-5-19-14(16)13(20-21(4,17)18)12-11(9-10(2)3)7-6-8-15-12/h6-9,13H,5H2,1-4H3. The maximum atomic E-state index is 12.0. The number of esters is 1. The molecular weight excluding hydrogens is 294 g/mol. The molecule has 0 saturated carbocycles. The highest BCUT2D eigenvalue weighted by Gasteiger charge is 2.30.